The first-order valence-corrected chi connectivity index (χ1v) is 6.49. The molecule has 2 aromatic rings. The molecule has 5 nitrogen and oxygen atoms in total. The fraction of sp³-hybridized carbons (Fsp3) is 0.231. The molecule has 1 heterocycles. The Kier molecular flexibility index (Phi) is 4.24. The molecule has 0 saturated carbocycles. The minimum Gasteiger partial charge on any atom is -0.395 e. The fourth-order valence-corrected chi connectivity index (χ4v) is 1.88. The third-order valence-electron chi connectivity index (χ3n) is 2.78. The number of benzene rings is 1. The lowest BCUT2D eigenvalue weighted by Gasteiger charge is -2.04. The number of halogens is 2. The molecule has 106 valence electrons. The molecule has 1 amide bonds. The summed E-state index contributed by atoms with van der Waals surface area (Å²) in [6, 6.07) is 4.00. The van der Waals surface area contributed by atoms with Gasteiger partial charge < -0.3 is 11.1 Å². The molecule has 0 spiro atoms. The van der Waals surface area contributed by atoms with E-state index >= 15 is 0 Å². The summed E-state index contributed by atoms with van der Waals surface area (Å²) >= 11 is 5.57. The molecule has 0 fully saturated rings. The summed E-state index contributed by atoms with van der Waals surface area (Å²) in [6.45, 7) is 2.00. The highest BCUT2D eigenvalue weighted by atomic mass is 35.5. The van der Waals surface area contributed by atoms with Crippen LogP contribution >= 0.6 is 11.6 Å². The largest absolute Gasteiger partial charge is 0.395 e. The number of nitrogen functional groups attached to an aromatic ring is 1. The van der Waals surface area contributed by atoms with E-state index in [1.54, 1.807) is 0 Å². The zero-order chi connectivity index (χ0) is 14.7. The van der Waals surface area contributed by atoms with Crippen molar-refractivity contribution in [2.24, 2.45) is 0 Å². The third-order valence-corrected chi connectivity index (χ3v) is 3.08. The minimum absolute atomic E-state index is 0.00693. The summed E-state index contributed by atoms with van der Waals surface area (Å²) in [5.74, 6) is -1.10. The highest BCUT2D eigenvalue weighted by molar-refractivity contribution is 6.30. The predicted octanol–water partition coefficient (Wildman–Crippen LogP) is 2.99. The number of amides is 1. The van der Waals surface area contributed by atoms with Crippen molar-refractivity contribution in [3.63, 3.8) is 0 Å². The molecule has 1 aromatic heterocycles. The van der Waals surface area contributed by atoms with Crippen LogP contribution in [0.25, 0.3) is 0 Å². The number of hydrogen-bond acceptors (Lipinski definition) is 3. The van der Waals surface area contributed by atoms with Gasteiger partial charge in [0.1, 0.15) is 5.82 Å². The number of carbonyl (C=O) groups excluding carboxylic acids is 1. The van der Waals surface area contributed by atoms with Crippen molar-refractivity contribution in [3.05, 3.63) is 40.4 Å². The number of rotatable bonds is 4. The van der Waals surface area contributed by atoms with Gasteiger partial charge in [-0.2, -0.15) is 5.10 Å². The Balaban J connectivity index is 2.17. The maximum atomic E-state index is 13.3. The van der Waals surface area contributed by atoms with Crippen molar-refractivity contribution in [3.8, 4) is 0 Å². The number of nitrogens with two attached hydrogens (primary N) is 1. The van der Waals surface area contributed by atoms with E-state index in [2.05, 4.69) is 15.5 Å². The lowest BCUT2D eigenvalue weighted by molar-refractivity contribution is 0.102. The van der Waals surface area contributed by atoms with E-state index in [9.17, 15) is 9.18 Å². The molecule has 0 unspecified atom stereocenters. The molecule has 1 aromatic carbocycles. The number of aromatic amines is 1. The van der Waals surface area contributed by atoms with E-state index in [4.69, 9.17) is 17.3 Å². The van der Waals surface area contributed by atoms with Crippen LogP contribution in [0.3, 0.4) is 0 Å². The minimum atomic E-state index is -0.605. The normalized spacial score (nSPS) is 10.6. The van der Waals surface area contributed by atoms with E-state index in [-0.39, 0.29) is 16.4 Å². The topological polar surface area (TPSA) is 83.8 Å². The molecule has 4 N–H and O–H groups in total. The van der Waals surface area contributed by atoms with Crippen LogP contribution < -0.4 is 11.1 Å². The van der Waals surface area contributed by atoms with Crippen LogP contribution in [0, 0.1) is 5.82 Å². The quantitative estimate of drug-likeness (QED) is 0.811. The Labute approximate surface area is 120 Å². The second kappa shape index (κ2) is 5.92. The average Bonchev–Trinajstić information content (AvgIpc) is 2.76. The van der Waals surface area contributed by atoms with Crippen molar-refractivity contribution < 1.29 is 9.18 Å². The fourth-order valence-electron chi connectivity index (χ4n) is 1.76. The maximum Gasteiger partial charge on any atom is 0.278 e. The second-order valence-electron chi connectivity index (χ2n) is 4.30. The van der Waals surface area contributed by atoms with Gasteiger partial charge in [0.2, 0.25) is 0 Å². The van der Waals surface area contributed by atoms with Gasteiger partial charge in [-0.25, -0.2) is 4.39 Å². The highest BCUT2D eigenvalue weighted by Gasteiger charge is 2.17. The lowest BCUT2D eigenvalue weighted by atomic mass is 10.2. The summed E-state index contributed by atoms with van der Waals surface area (Å²) in [5.41, 5.74) is 7.28. The van der Waals surface area contributed by atoms with Crippen LogP contribution in [-0.2, 0) is 6.42 Å². The number of anilines is 2. The van der Waals surface area contributed by atoms with Gasteiger partial charge in [-0.1, -0.05) is 24.9 Å². The van der Waals surface area contributed by atoms with Gasteiger partial charge in [-0.05, 0) is 24.6 Å². The molecule has 2 rings (SSSR count). The average molecular weight is 297 g/mol. The van der Waals surface area contributed by atoms with E-state index < -0.39 is 11.7 Å². The van der Waals surface area contributed by atoms with E-state index in [0.717, 1.165) is 18.2 Å². The second-order valence-corrected chi connectivity index (χ2v) is 4.70. The molecule has 0 saturated heterocycles. The van der Waals surface area contributed by atoms with Crippen LogP contribution in [-0.4, -0.2) is 16.1 Å². The molecule has 20 heavy (non-hydrogen) atoms. The Morgan fingerprint density at radius 1 is 1.55 bits per heavy atom. The first-order valence-electron chi connectivity index (χ1n) is 6.12. The number of carbonyl (C=O) groups is 1. The van der Waals surface area contributed by atoms with Gasteiger partial charge in [0, 0.05) is 5.69 Å². The van der Waals surface area contributed by atoms with Crippen LogP contribution in [0.5, 0.6) is 0 Å². The van der Waals surface area contributed by atoms with Crippen LogP contribution in [0.2, 0.25) is 5.02 Å². The van der Waals surface area contributed by atoms with Crippen LogP contribution in [0.4, 0.5) is 15.8 Å². The number of nitrogens with one attached hydrogen (secondary N) is 2. The summed E-state index contributed by atoms with van der Waals surface area (Å²) in [7, 11) is 0. The zero-order valence-corrected chi connectivity index (χ0v) is 11.6. The third kappa shape index (κ3) is 2.91. The SMILES string of the molecule is CCCc1[nH]nc(C(=O)Nc2ccc(Cl)c(F)c2)c1N. The number of nitrogens with zero attached hydrogens (tertiary/aromatic N) is 1. The molecule has 0 radical (unpaired) electrons. The van der Waals surface area contributed by atoms with Gasteiger partial charge in [-0.15, -0.1) is 0 Å². The Morgan fingerprint density at radius 3 is 2.95 bits per heavy atom. The standard InChI is InChI=1S/C13H14ClFN4O/c1-2-3-10-11(16)12(19-18-10)13(20)17-7-4-5-8(14)9(15)6-7/h4-6H,2-3,16H2,1H3,(H,17,20)(H,18,19). The smallest absolute Gasteiger partial charge is 0.278 e. The van der Waals surface area contributed by atoms with Crippen LogP contribution in [0.1, 0.15) is 29.5 Å². The molecule has 0 atom stereocenters. The van der Waals surface area contributed by atoms with Crippen molar-refractivity contribution in [1.82, 2.24) is 10.2 Å². The first kappa shape index (κ1) is 14.3. The van der Waals surface area contributed by atoms with Gasteiger partial charge in [0.05, 0.1) is 16.4 Å². The Morgan fingerprint density at radius 2 is 2.30 bits per heavy atom. The van der Waals surface area contributed by atoms with E-state index in [1.165, 1.54) is 12.1 Å². The van der Waals surface area contributed by atoms with Gasteiger partial charge in [-0.3, -0.25) is 9.89 Å². The molecule has 0 aliphatic rings. The summed E-state index contributed by atoms with van der Waals surface area (Å²) in [5, 5.41) is 9.14. The Bertz CT molecular complexity index is 641. The molecule has 0 bridgehead atoms. The molecular formula is C13H14ClFN4O. The van der Waals surface area contributed by atoms with Crippen molar-refractivity contribution in [2.75, 3.05) is 11.1 Å². The van der Waals surface area contributed by atoms with E-state index in [1.807, 2.05) is 6.92 Å². The zero-order valence-electron chi connectivity index (χ0n) is 10.8. The molecule has 7 heteroatoms. The van der Waals surface area contributed by atoms with E-state index in [0.29, 0.717) is 12.1 Å². The lowest BCUT2D eigenvalue weighted by Crippen LogP contribution is -2.14. The summed E-state index contributed by atoms with van der Waals surface area (Å²) in [4.78, 5) is 12.0. The van der Waals surface area contributed by atoms with Crippen LogP contribution in [0.15, 0.2) is 18.2 Å². The number of hydrogen-bond donors (Lipinski definition) is 3. The van der Waals surface area contributed by atoms with Gasteiger partial charge >= 0.3 is 0 Å². The highest BCUT2D eigenvalue weighted by Crippen LogP contribution is 2.21. The monoisotopic (exact) mass is 296 g/mol. The molecular weight excluding hydrogens is 283 g/mol. The van der Waals surface area contributed by atoms with Crippen molar-refractivity contribution in [1.29, 1.82) is 0 Å². The Hall–Kier alpha value is -2.08. The number of aromatic nitrogens is 2. The predicted molar refractivity (Wildman–Crippen MR) is 76.4 cm³/mol. The molecule has 0 aliphatic carbocycles. The number of aryl methyl sites for hydroxylation is 1. The van der Waals surface area contributed by atoms with Gasteiger partial charge in [0.25, 0.3) is 5.91 Å². The maximum absolute atomic E-state index is 13.3. The van der Waals surface area contributed by atoms with Gasteiger partial charge in [0.15, 0.2) is 5.69 Å². The van der Waals surface area contributed by atoms with Crippen molar-refractivity contribution in [2.45, 2.75) is 19.8 Å². The molecule has 0 aliphatic heterocycles. The number of H-pyrrole nitrogens is 1. The summed E-state index contributed by atoms with van der Waals surface area (Å²) < 4.78 is 13.3. The summed E-state index contributed by atoms with van der Waals surface area (Å²) in [6.07, 6.45) is 1.59. The first-order chi connectivity index (χ1) is 9.52. The van der Waals surface area contributed by atoms with Crippen molar-refractivity contribution >= 4 is 28.9 Å².